The second-order valence-electron chi connectivity index (χ2n) is 7.22. The summed E-state index contributed by atoms with van der Waals surface area (Å²) in [6, 6.07) is 5.43. The number of aryl methyl sites for hydroxylation is 1. The highest BCUT2D eigenvalue weighted by atomic mass is 16.5. The molecule has 0 aliphatic rings. The van der Waals surface area contributed by atoms with Crippen molar-refractivity contribution in [1.29, 1.82) is 0 Å². The second kappa shape index (κ2) is 8.95. The molecule has 1 aromatic carbocycles. The van der Waals surface area contributed by atoms with Gasteiger partial charge in [0.2, 0.25) is 0 Å². The van der Waals surface area contributed by atoms with Gasteiger partial charge in [0.25, 0.3) is 5.56 Å². The van der Waals surface area contributed by atoms with Crippen molar-refractivity contribution in [1.82, 2.24) is 29.5 Å². The number of benzene rings is 1. The smallest absolute Gasteiger partial charge is 0.277 e. The van der Waals surface area contributed by atoms with Crippen LogP contribution in [-0.2, 0) is 7.05 Å². The Morgan fingerprint density at radius 1 is 1.30 bits per heavy atom. The van der Waals surface area contributed by atoms with Crippen LogP contribution >= 0.6 is 0 Å². The van der Waals surface area contributed by atoms with E-state index in [0.29, 0.717) is 46.4 Å². The average Bonchev–Trinajstić information content (AvgIpc) is 3.08. The van der Waals surface area contributed by atoms with E-state index < -0.39 is 0 Å². The minimum Gasteiger partial charge on any atom is -0.493 e. The molecule has 3 rings (SSSR count). The third-order valence-corrected chi connectivity index (χ3v) is 4.63. The molecular formula is C20H28N8O2. The molecule has 0 bridgehead atoms. The SMILES string of the molecule is CCOc1ccc(N=C(N)N(C)CCN(C)C)cc1-c1nc2cnn(C)c2c(=O)[nH]1. The molecule has 3 aromatic rings. The summed E-state index contributed by atoms with van der Waals surface area (Å²) < 4.78 is 7.24. The molecule has 0 spiro atoms. The monoisotopic (exact) mass is 412 g/mol. The fourth-order valence-corrected chi connectivity index (χ4v) is 2.95. The molecule has 0 unspecified atom stereocenters. The van der Waals surface area contributed by atoms with Gasteiger partial charge >= 0.3 is 0 Å². The van der Waals surface area contributed by atoms with Crippen molar-refractivity contribution in [2.45, 2.75) is 6.92 Å². The van der Waals surface area contributed by atoms with E-state index in [9.17, 15) is 4.79 Å². The molecule has 2 aromatic heterocycles. The molecule has 10 nitrogen and oxygen atoms in total. The highest BCUT2D eigenvalue weighted by molar-refractivity contribution is 5.82. The van der Waals surface area contributed by atoms with Crippen LogP contribution in [-0.4, -0.2) is 76.3 Å². The van der Waals surface area contributed by atoms with E-state index in [0.717, 1.165) is 13.1 Å². The maximum absolute atomic E-state index is 12.5. The maximum Gasteiger partial charge on any atom is 0.277 e. The lowest BCUT2D eigenvalue weighted by molar-refractivity contribution is 0.341. The molecule has 0 saturated carbocycles. The molecule has 10 heteroatoms. The lowest BCUT2D eigenvalue weighted by atomic mass is 10.1. The van der Waals surface area contributed by atoms with Crippen LogP contribution in [0.3, 0.4) is 0 Å². The molecular weight excluding hydrogens is 384 g/mol. The zero-order valence-corrected chi connectivity index (χ0v) is 18.0. The fourth-order valence-electron chi connectivity index (χ4n) is 2.95. The Kier molecular flexibility index (Phi) is 6.36. The first kappa shape index (κ1) is 21.3. The van der Waals surface area contributed by atoms with Crippen molar-refractivity contribution < 1.29 is 4.74 Å². The number of ether oxygens (including phenoxy) is 1. The van der Waals surface area contributed by atoms with Crippen LogP contribution in [0, 0.1) is 0 Å². The number of aromatic nitrogens is 4. The predicted molar refractivity (Wildman–Crippen MR) is 118 cm³/mol. The van der Waals surface area contributed by atoms with Crippen LogP contribution in [0.5, 0.6) is 5.75 Å². The second-order valence-corrected chi connectivity index (χ2v) is 7.22. The first-order valence-corrected chi connectivity index (χ1v) is 9.69. The molecule has 0 radical (unpaired) electrons. The standard InChI is InChI=1S/C20H28N8O2/c1-6-30-16-8-7-13(23-20(21)27(4)10-9-26(2)3)11-14(16)18-24-15-12-22-28(5)17(15)19(29)25-18/h7-8,11-12H,6,9-10H2,1-5H3,(H2,21,23)(H,24,25,29). The molecule has 0 aliphatic heterocycles. The molecule has 2 heterocycles. The highest BCUT2D eigenvalue weighted by Gasteiger charge is 2.14. The van der Waals surface area contributed by atoms with Gasteiger partial charge in [0.15, 0.2) is 11.5 Å². The van der Waals surface area contributed by atoms with Gasteiger partial charge in [0.1, 0.15) is 17.1 Å². The van der Waals surface area contributed by atoms with Crippen LogP contribution in [0.25, 0.3) is 22.4 Å². The number of hydrogen-bond acceptors (Lipinski definition) is 6. The van der Waals surface area contributed by atoms with E-state index in [1.54, 1.807) is 25.4 Å². The summed E-state index contributed by atoms with van der Waals surface area (Å²) in [5.74, 6) is 1.39. The number of hydrogen-bond donors (Lipinski definition) is 2. The minimum absolute atomic E-state index is 0.269. The largest absolute Gasteiger partial charge is 0.493 e. The van der Waals surface area contributed by atoms with Gasteiger partial charge < -0.3 is 25.3 Å². The highest BCUT2D eigenvalue weighted by Crippen LogP contribution is 2.32. The predicted octanol–water partition coefficient (Wildman–Crippen LogP) is 1.16. The summed E-state index contributed by atoms with van der Waals surface area (Å²) in [6.45, 7) is 3.98. The van der Waals surface area contributed by atoms with Crippen molar-refractivity contribution in [3.05, 3.63) is 34.7 Å². The van der Waals surface area contributed by atoms with E-state index in [1.165, 1.54) is 4.68 Å². The number of H-pyrrole nitrogens is 1. The summed E-state index contributed by atoms with van der Waals surface area (Å²) in [7, 11) is 7.61. The number of nitrogens with one attached hydrogen (secondary N) is 1. The number of aromatic amines is 1. The van der Waals surface area contributed by atoms with Crippen LogP contribution in [0.1, 0.15) is 6.92 Å². The van der Waals surface area contributed by atoms with Crippen LogP contribution in [0.15, 0.2) is 34.2 Å². The van der Waals surface area contributed by atoms with Gasteiger partial charge in [-0.1, -0.05) is 0 Å². The lowest BCUT2D eigenvalue weighted by Crippen LogP contribution is -2.38. The number of nitrogens with two attached hydrogens (primary N) is 1. The first-order valence-electron chi connectivity index (χ1n) is 9.69. The molecule has 0 saturated heterocycles. The number of guanidine groups is 1. The number of aliphatic imine (C=N–C) groups is 1. The molecule has 0 aliphatic carbocycles. The number of nitrogens with zero attached hydrogens (tertiary/aromatic N) is 6. The Morgan fingerprint density at radius 3 is 2.77 bits per heavy atom. The molecule has 30 heavy (non-hydrogen) atoms. The summed E-state index contributed by atoms with van der Waals surface area (Å²) >= 11 is 0. The van der Waals surface area contributed by atoms with E-state index in [4.69, 9.17) is 10.5 Å². The number of fused-ring (bicyclic) bond motifs is 1. The van der Waals surface area contributed by atoms with Crippen molar-refractivity contribution in [2.75, 3.05) is 40.8 Å². The molecule has 3 N–H and O–H groups in total. The molecule has 160 valence electrons. The van der Waals surface area contributed by atoms with Crippen molar-refractivity contribution in [3.63, 3.8) is 0 Å². The third-order valence-electron chi connectivity index (χ3n) is 4.63. The zero-order chi connectivity index (χ0) is 21.8. The summed E-state index contributed by atoms with van der Waals surface area (Å²) in [6.07, 6.45) is 1.56. The van der Waals surface area contributed by atoms with E-state index >= 15 is 0 Å². The van der Waals surface area contributed by atoms with Crippen molar-refractivity contribution in [2.24, 2.45) is 17.8 Å². The maximum atomic E-state index is 12.5. The third kappa shape index (κ3) is 4.60. The van der Waals surface area contributed by atoms with Crippen LogP contribution < -0.4 is 16.0 Å². The fraction of sp³-hybridized carbons (Fsp3) is 0.400. The normalized spacial score (nSPS) is 12.0. The Morgan fingerprint density at radius 2 is 2.07 bits per heavy atom. The Labute approximate surface area is 175 Å². The number of rotatable bonds is 7. The Hall–Kier alpha value is -3.40. The van der Waals surface area contributed by atoms with Crippen LogP contribution in [0.2, 0.25) is 0 Å². The van der Waals surface area contributed by atoms with Gasteiger partial charge in [0.05, 0.1) is 24.1 Å². The van der Waals surface area contributed by atoms with Gasteiger partial charge in [-0.2, -0.15) is 5.10 Å². The van der Waals surface area contributed by atoms with Crippen LogP contribution in [0.4, 0.5) is 5.69 Å². The molecule has 0 fully saturated rings. The summed E-state index contributed by atoms with van der Waals surface area (Å²) in [5.41, 5.74) is 8.08. The van der Waals surface area contributed by atoms with E-state index in [2.05, 4.69) is 25.0 Å². The van der Waals surface area contributed by atoms with E-state index in [-0.39, 0.29) is 5.56 Å². The summed E-state index contributed by atoms with van der Waals surface area (Å²) in [4.78, 5) is 28.4. The molecule has 0 atom stereocenters. The molecule has 0 amide bonds. The Bertz CT molecular complexity index is 1120. The zero-order valence-electron chi connectivity index (χ0n) is 18.0. The van der Waals surface area contributed by atoms with Crippen molar-refractivity contribution >= 4 is 22.7 Å². The van der Waals surface area contributed by atoms with Gasteiger partial charge in [-0.15, -0.1) is 0 Å². The van der Waals surface area contributed by atoms with Crippen molar-refractivity contribution in [3.8, 4) is 17.1 Å². The average molecular weight is 412 g/mol. The van der Waals surface area contributed by atoms with E-state index in [1.807, 2.05) is 39.0 Å². The topological polar surface area (TPSA) is 118 Å². The van der Waals surface area contributed by atoms with Gasteiger partial charge in [-0.3, -0.25) is 9.48 Å². The lowest BCUT2D eigenvalue weighted by Gasteiger charge is -2.20. The Balaban J connectivity index is 2.02. The minimum atomic E-state index is -0.269. The number of likely N-dealkylation sites (N-methyl/N-ethyl adjacent to an activating group) is 2. The first-order chi connectivity index (χ1) is 14.3. The van der Waals surface area contributed by atoms with Gasteiger partial charge in [0, 0.05) is 27.2 Å². The van der Waals surface area contributed by atoms with Gasteiger partial charge in [-0.25, -0.2) is 9.98 Å². The quantitative estimate of drug-likeness (QED) is 0.442. The summed E-state index contributed by atoms with van der Waals surface area (Å²) in [5, 5.41) is 4.11. The van der Waals surface area contributed by atoms with Gasteiger partial charge in [-0.05, 0) is 39.2 Å².